The van der Waals surface area contributed by atoms with E-state index in [-0.39, 0.29) is 0 Å². The van der Waals surface area contributed by atoms with Crippen molar-refractivity contribution in [1.29, 1.82) is 0 Å². The lowest BCUT2D eigenvalue weighted by molar-refractivity contribution is 0.906. The van der Waals surface area contributed by atoms with Crippen molar-refractivity contribution in [2.24, 2.45) is 0 Å². The molecule has 28 heavy (non-hydrogen) atoms. The van der Waals surface area contributed by atoms with E-state index in [4.69, 9.17) is 24.4 Å². The lowest BCUT2D eigenvalue weighted by Crippen LogP contribution is -2.28. The summed E-state index contributed by atoms with van der Waals surface area (Å²) in [5, 5.41) is 14.0. The summed E-state index contributed by atoms with van der Waals surface area (Å²) in [6.07, 6.45) is 0. The van der Waals surface area contributed by atoms with E-state index in [1.807, 2.05) is 60.7 Å². The molecule has 3 rings (SSSR count). The van der Waals surface area contributed by atoms with Crippen molar-refractivity contribution in [2.75, 3.05) is 10.6 Å². The van der Waals surface area contributed by atoms with Crippen LogP contribution in [0.1, 0.15) is 11.1 Å². The van der Waals surface area contributed by atoms with E-state index in [0.29, 0.717) is 23.3 Å². The van der Waals surface area contributed by atoms with Crippen LogP contribution in [0.4, 0.5) is 11.4 Å². The second kappa shape index (κ2) is 10.4. The maximum absolute atomic E-state index is 5.33. The van der Waals surface area contributed by atoms with Crippen LogP contribution in [0.25, 0.3) is 0 Å². The van der Waals surface area contributed by atoms with Crippen LogP contribution in [0.2, 0.25) is 0 Å². The van der Waals surface area contributed by atoms with Crippen molar-refractivity contribution in [1.82, 2.24) is 10.6 Å². The molecule has 0 saturated carbocycles. The molecule has 0 aliphatic carbocycles. The Hall–Kier alpha value is -2.96. The maximum Gasteiger partial charge on any atom is 0.171 e. The predicted octanol–water partition coefficient (Wildman–Crippen LogP) is 4.66. The van der Waals surface area contributed by atoms with Gasteiger partial charge in [0.1, 0.15) is 0 Å². The first-order chi connectivity index (χ1) is 13.7. The van der Waals surface area contributed by atoms with E-state index in [2.05, 4.69) is 45.5 Å². The average Bonchev–Trinajstić information content (AvgIpc) is 2.73. The topological polar surface area (TPSA) is 48.1 Å². The molecule has 4 nitrogen and oxygen atoms in total. The normalized spacial score (nSPS) is 10.0. The Balaban J connectivity index is 1.40. The summed E-state index contributed by atoms with van der Waals surface area (Å²) < 4.78 is 0. The van der Waals surface area contributed by atoms with Gasteiger partial charge in [0.2, 0.25) is 0 Å². The number of anilines is 2. The molecule has 0 bridgehead atoms. The van der Waals surface area contributed by atoms with Crippen LogP contribution in [0.3, 0.4) is 0 Å². The van der Waals surface area contributed by atoms with Crippen LogP contribution in [0, 0.1) is 0 Å². The van der Waals surface area contributed by atoms with Gasteiger partial charge >= 0.3 is 0 Å². The molecule has 6 heteroatoms. The van der Waals surface area contributed by atoms with Crippen molar-refractivity contribution in [2.45, 2.75) is 13.1 Å². The summed E-state index contributed by atoms with van der Waals surface area (Å²) in [5.74, 6) is 0. The van der Waals surface area contributed by atoms with Crippen LogP contribution in [-0.4, -0.2) is 10.2 Å². The van der Waals surface area contributed by atoms with E-state index in [9.17, 15) is 0 Å². The Bertz CT molecular complexity index is 820. The van der Waals surface area contributed by atoms with Gasteiger partial charge in [-0.3, -0.25) is 0 Å². The highest BCUT2D eigenvalue weighted by Gasteiger charge is 2.00. The van der Waals surface area contributed by atoms with E-state index in [0.717, 1.165) is 22.5 Å². The van der Waals surface area contributed by atoms with Gasteiger partial charge in [-0.1, -0.05) is 60.7 Å². The Labute approximate surface area is 176 Å². The number of nitrogens with one attached hydrogen (secondary N) is 4. The SMILES string of the molecule is S=C(NCc1ccc(CNC(=S)Nc2ccccc2)cc1)Nc1ccccc1. The maximum atomic E-state index is 5.33. The highest BCUT2D eigenvalue weighted by atomic mass is 32.1. The van der Waals surface area contributed by atoms with Crippen molar-refractivity contribution in [3.05, 3.63) is 96.1 Å². The van der Waals surface area contributed by atoms with Crippen LogP contribution in [0.15, 0.2) is 84.9 Å². The Morgan fingerprint density at radius 1 is 0.536 bits per heavy atom. The van der Waals surface area contributed by atoms with Crippen molar-refractivity contribution < 1.29 is 0 Å². The molecule has 0 unspecified atom stereocenters. The third-order valence-corrected chi connectivity index (χ3v) is 4.49. The molecule has 0 fully saturated rings. The quantitative estimate of drug-likeness (QED) is 0.447. The van der Waals surface area contributed by atoms with Gasteiger partial charge in [0, 0.05) is 24.5 Å². The van der Waals surface area contributed by atoms with Crippen LogP contribution >= 0.6 is 24.4 Å². The average molecular weight is 407 g/mol. The molecular weight excluding hydrogens is 384 g/mol. The molecule has 142 valence electrons. The minimum Gasteiger partial charge on any atom is -0.358 e. The number of thiocarbonyl (C=S) groups is 2. The third-order valence-electron chi connectivity index (χ3n) is 3.99. The molecule has 3 aromatic carbocycles. The third kappa shape index (κ3) is 6.64. The molecule has 0 aliphatic rings. The van der Waals surface area contributed by atoms with Gasteiger partial charge in [0.05, 0.1) is 0 Å². The second-order valence-electron chi connectivity index (χ2n) is 6.16. The predicted molar refractivity (Wildman–Crippen MR) is 125 cm³/mol. The molecule has 0 aromatic heterocycles. The molecule has 0 atom stereocenters. The molecule has 0 amide bonds. The summed E-state index contributed by atoms with van der Waals surface area (Å²) >= 11 is 10.7. The number of hydrogen-bond donors (Lipinski definition) is 4. The number of para-hydroxylation sites is 2. The first kappa shape index (κ1) is 19.8. The van der Waals surface area contributed by atoms with Gasteiger partial charge in [0.15, 0.2) is 10.2 Å². The molecule has 3 aromatic rings. The fourth-order valence-electron chi connectivity index (χ4n) is 2.53. The standard InChI is InChI=1S/C22H22N4S2/c27-21(25-19-7-3-1-4-8-19)23-15-17-11-13-18(14-12-17)16-24-22(28)26-20-9-5-2-6-10-20/h1-14H,15-16H2,(H2,23,25,27)(H2,24,26,28). The van der Waals surface area contributed by atoms with Crippen LogP contribution in [0.5, 0.6) is 0 Å². The monoisotopic (exact) mass is 406 g/mol. The largest absolute Gasteiger partial charge is 0.358 e. The zero-order valence-electron chi connectivity index (χ0n) is 15.3. The summed E-state index contributed by atoms with van der Waals surface area (Å²) in [4.78, 5) is 0. The Morgan fingerprint density at radius 2 is 0.893 bits per heavy atom. The summed E-state index contributed by atoms with van der Waals surface area (Å²) in [5.41, 5.74) is 4.26. The van der Waals surface area contributed by atoms with E-state index in [1.54, 1.807) is 0 Å². The smallest absolute Gasteiger partial charge is 0.171 e. The number of rotatable bonds is 6. The number of hydrogen-bond acceptors (Lipinski definition) is 2. The van der Waals surface area contributed by atoms with E-state index < -0.39 is 0 Å². The lowest BCUT2D eigenvalue weighted by atomic mass is 10.1. The molecule has 0 heterocycles. The Kier molecular flexibility index (Phi) is 7.35. The highest BCUT2D eigenvalue weighted by Crippen LogP contribution is 2.07. The van der Waals surface area contributed by atoms with Gasteiger partial charge in [-0.2, -0.15) is 0 Å². The van der Waals surface area contributed by atoms with Gasteiger partial charge in [0.25, 0.3) is 0 Å². The molecule has 0 spiro atoms. The van der Waals surface area contributed by atoms with E-state index >= 15 is 0 Å². The van der Waals surface area contributed by atoms with Crippen LogP contribution < -0.4 is 21.3 Å². The molecule has 0 saturated heterocycles. The van der Waals surface area contributed by atoms with Crippen molar-refractivity contribution in [3.63, 3.8) is 0 Å². The lowest BCUT2D eigenvalue weighted by Gasteiger charge is -2.12. The zero-order valence-corrected chi connectivity index (χ0v) is 16.9. The highest BCUT2D eigenvalue weighted by molar-refractivity contribution is 7.80. The summed E-state index contributed by atoms with van der Waals surface area (Å²) in [7, 11) is 0. The molecule has 0 radical (unpaired) electrons. The molecule has 0 aliphatic heterocycles. The van der Waals surface area contributed by atoms with Crippen molar-refractivity contribution >= 4 is 46.0 Å². The Morgan fingerprint density at radius 3 is 1.25 bits per heavy atom. The van der Waals surface area contributed by atoms with Gasteiger partial charge < -0.3 is 21.3 Å². The molecular formula is C22H22N4S2. The molecule has 4 N–H and O–H groups in total. The minimum atomic E-state index is 0.606. The fourth-order valence-corrected chi connectivity index (χ4v) is 2.91. The van der Waals surface area contributed by atoms with Crippen LogP contribution in [-0.2, 0) is 13.1 Å². The second-order valence-corrected chi connectivity index (χ2v) is 6.98. The van der Waals surface area contributed by atoms with Gasteiger partial charge in [-0.15, -0.1) is 0 Å². The first-order valence-electron chi connectivity index (χ1n) is 8.97. The first-order valence-corrected chi connectivity index (χ1v) is 9.78. The summed E-state index contributed by atoms with van der Waals surface area (Å²) in [6.45, 7) is 1.33. The van der Waals surface area contributed by atoms with Gasteiger partial charge in [-0.05, 0) is 59.8 Å². The van der Waals surface area contributed by atoms with Crippen molar-refractivity contribution in [3.8, 4) is 0 Å². The van der Waals surface area contributed by atoms with Gasteiger partial charge in [-0.25, -0.2) is 0 Å². The van der Waals surface area contributed by atoms with E-state index in [1.165, 1.54) is 0 Å². The minimum absolute atomic E-state index is 0.606. The number of benzene rings is 3. The summed E-state index contributed by atoms with van der Waals surface area (Å²) in [6, 6.07) is 28.1. The zero-order chi connectivity index (χ0) is 19.6. The fraction of sp³-hybridized carbons (Fsp3) is 0.0909.